The standard InChI is InChI=1S/C9H16O3/c1-7(2)4-3-5-8(6-10)9(11)12/h3,5,7-8,10H,4,6H2,1-2H3,(H,11,12)/b5-3+/t8-/m1/s1. The van der Waals surface area contributed by atoms with Crippen LogP contribution in [-0.2, 0) is 4.79 Å². The van der Waals surface area contributed by atoms with Gasteiger partial charge in [-0.1, -0.05) is 26.0 Å². The van der Waals surface area contributed by atoms with E-state index in [2.05, 4.69) is 13.8 Å². The Balaban J connectivity index is 3.85. The van der Waals surface area contributed by atoms with Gasteiger partial charge in [-0.05, 0) is 12.3 Å². The van der Waals surface area contributed by atoms with Gasteiger partial charge in [-0.15, -0.1) is 0 Å². The summed E-state index contributed by atoms with van der Waals surface area (Å²) in [5, 5.41) is 17.2. The molecule has 0 aliphatic heterocycles. The van der Waals surface area contributed by atoms with Crippen LogP contribution in [0.25, 0.3) is 0 Å². The van der Waals surface area contributed by atoms with Gasteiger partial charge in [0.2, 0.25) is 0 Å². The summed E-state index contributed by atoms with van der Waals surface area (Å²) in [7, 11) is 0. The molecule has 0 unspecified atom stereocenters. The number of hydrogen-bond acceptors (Lipinski definition) is 2. The lowest BCUT2D eigenvalue weighted by Crippen LogP contribution is -2.14. The lowest BCUT2D eigenvalue weighted by molar-refractivity contribution is -0.141. The molecule has 0 aromatic heterocycles. The van der Waals surface area contributed by atoms with Gasteiger partial charge in [0.15, 0.2) is 0 Å². The molecule has 0 heterocycles. The zero-order valence-electron chi connectivity index (χ0n) is 7.53. The van der Waals surface area contributed by atoms with Gasteiger partial charge in [0, 0.05) is 0 Å². The molecular weight excluding hydrogens is 156 g/mol. The smallest absolute Gasteiger partial charge is 0.312 e. The zero-order chi connectivity index (χ0) is 9.56. The van der Waals surface area contributed by atoms with E-state index in [9.17, 15) is 4.79 Å². The van der Waals surface area contributed by atoms with E-state index in [1.807, 2.05) is 0 Å². The molecule has 0 radical (unpaired) electrons. The highest BCUT2D eigenvalue weighted by atomic mass is 16.4. The molecule has 3 nitrogen and oxygen atoms in total. The molecule has 0 aliphatic rings. The molecule has 0 amide bonds. The van der Waals surface area contributed by atoms with Gasteiger partial charge in [0.1, 0.15) is 0 Å². The summed E-state index contributed by atoms with van der Waals surface area (Å²) in [6, 6.07) is 0. The third-order valence-electron chi connectivity index (χ3n) is 1.49. The van der Waals surface area contributed by atoms with Gasteiger partial charge in [-0.2, -0.15) is 0 Å². The average molecular weight is 172 g/mol. The van der Waals surface area contributed by atoms with Crippen molar-refractivity contribution in [3.05, 3.63) is 12.2 Å². The Labute approximate surface area is 72.7 Å². The predicted molar refractivity (Wildman–Crippen MR) is 46.8 cm³/mol. The van der Waals surface area contributed by atoms with E-state index >= 15 is 0 Å². The lowest BCUT2D eigenvalue weighted by atomic mass is 10.1. The summed E-state index contributed by atoms with van der Waals surface area (Å²) in [5.74, 6) is -1.20. The van der Waals surface area contributed by atoms with Crippen LogP contribution in [-0.4, -0.2) is 22.8 Å². The molecule has 2 N–H and O–H groups in total. The van der Waals surface area contributed by atoms with Crippen LogP contribution in [0.3, 0.4) is 0 Å². The van der Waals surface area contributed by atoms with Crippen LogP contribution in [0, 0.1) is 11.8 Å². The first kappa shape index (κ1) is 11.2. The fourth-order valence-corrected chi connectivity index (χ4v) is 0.736. The van der Waals surface area contributed by atoms with Gasteiger partial charge in [0.25, 0.3) is 0 Å². The molecule has 1 atom stereocenters. The molecule has 0 aromatic rings. The molecule has 0 spiro atoms. The van der Waals surface area contributed by atoms with Crippen LogP contribution < -0.4 is 0 Å². The van der Waals surface area contributed by atoms with Crippen molar-refractivity contribution in [1.29, 1.82) is 0 Å². The number of aliphatic hydroxyl groups is 1. The average Bonchev–Trinajstić information content (AvgIpc) is 1.96. The Hall–Kier alpha value is -0.830. The largest absolute Gasteiger partial charge is 0.481 e. The summed E-state index contributed by atoms with van der Waals surface area (Å²) in [4.78, 5) is 10.4. The van der Waals surface area contributed by atoms with Gasteiger partial charge in [-0.3, -0.25) is 4.79 Å². The van der Waals surface area contributed by atoms with Gasteiger partial charge in [-0.25, -0.2) is 0 Å². The number of carbonyl (C=O) groups is 1. The number of rotatable bonds is 5. The van der Waals surface area contributed by atoms with E-state index < -0.39 is 11.9 Å². The minimum absolute atomic E-state index is 0.329. The topological polar surface area (TPSA) is 57.5 Å². The first-order valence-electron chi connectivity index (χ1n) is 4.08. The highest BCUT2D eigenvalue weighted by Crippen LogP contribution is 2.04. The van der Waals surface area contributed by atoms with E-state index in [0.29, 0.717) is 5.92 Å². The van der Waals surface area contributed by atoms with Crippen molar-refractivity contribution in [1.82, 2.24) is 0 Å². The van der Waals surface area contributed by atoms with Crippen LogP contribution in [0.15, 0.2) is 12.2 Å². The van der Waals surface area contributed by atoms with E-state index in [1.165, 1.54) is 0 Å². The number of aliphatic hydroxyl groups excluding tert-OH is 1. The highest BCUT2D eigenvalue weighted by molar-refractivity contribution is 5.72. The van der Waals surface area contributed by atoms with Crippen molar-refractivity contribution < 1.29 is 15.0 Å². The summed E-state index contributed by atoms with van der Waals surface area (Å²) in [6.45, 7) is 3.78. The van der Waals surface area contributed by atoms with Crippen LogP contribution in [0.5, 0.6) is 0 Å². The van der Waals surface area contributed by atoms with Crippen molar-refractivity contribution in [3.8, 4) is 0 Å². The fraction of sp³-hybridized carbons (Fsp3) is 0.667. The Kier molecular flexibility index (Phi) is 5.37. The summed E-state index contributed by atoms with van der Waals surface area (Å²) in [6.07, 6.45) is 4.20. The first-order valence-corrected chi connectivity index (χ1v) is 4.08. The number of carboxylic acid groups (broad SMARTS) is 1. The van der Waals surface area contributed by atoms with Crippen molar-refractivity contribution in [2.45, 2.75) is 20.3 Å². The van der Waals surface area contributed by atoms with Crippen LogP contribution in [0.4, 0.5) is 0 Å². The van der Waals surface area contributed by atoms with E-state index in [1.54, 1.807) is 12.2 Å². The molecule has 0 rings (SSSR count). The number of aliphatic carboxylic acids is 1. The third-order valence-corrected chi connectivity index (χ3v) is 1.49. The molecule has 12 heavy (non-hydrogen) atoms. The Morgan fingerprint density at radius 2 is 2.08 bits per heavy atom. The van der Waals surface area contributed by atoms with Crippen molar-refractivity contribution in [2.24, 2.45) is 11.8 Å². The molecule has 0 bridgehead atoms. The molecule has 0 aromatic carbocycles. The van der Waals surface area contributed by atoms with Crippen molar-refractivity contribution in [2.75, 3.05) is 6.61 Å². The minimum atomic E-state index is -0.975. The minimum Gasteiger partial charge on any atom is -0.481 e. The quantitative estimate of drug-likeness (QED) is 0.614. The Morgan fingerprint density at radius 1 is 1.50 bits per heavy atom. The van der Waals surface area contributed by atoms with Crippen LogP contribution in [0.1, 0.15) is 20.3 Å². The van der Waals surface area contributed by atoms with Gasteiger partial charge < -0.3 is 10.2 Å². The van der Waals surface area contributed by atoms with E-state index in [-0.39, 0.29) is 6.61 Å². The molecule has 0 saturated heterocycles. The maximum atomic E-state index is 10.4. The molecule has 0 fully saturated rings. The van der Waals surface area contributed by atoms with Crippen LogP contribution in [0.2, 0.25) is 0 Å². The van der Waals surface area contributed by atoms with Gasteiger partial charge >= 0.3 is 5.97 Å². The number of allylic oxidation sites excluding steroid dienone is 1. The third kappa shape index (κ3) is 4.91. The van der Waals surface area contributed by atoms with E-state index in [0.717, 1.165) is 6.42 Å². The first-order chi connectivity index (χ1) is 5.57. The molecule has 0 saturated carbocycles. The van der Waals surface area contributed by atoms with E-state index in [4.69, 9.17) is 10.2 Å². The second kappa shape index (κ2) is 5.77. The summed E-state index contributed by atoms with van der Waals surface area (Å²) in [5.41, 5.74) is 0. The summed E-state index contributed by atoms with van der Waals surface area (Å²) < 4.78 is 0. The molecule has 70 valence electrons. The molecule has 0 aliphatic carbocycles. The summed E-state index contributed by atoms with van der Waals surface area (Å²) >= 11 is 0. The van der Waals surface area contributed by atoms with Crippen molar-refractivity contribution >= 4 is 5.97 Å². The molecule has 3 heteroatoms. The normalized spacial score (nSPS) is 14.0. The fourth-order valence-electron chi connectivity index (χ4n) is 0.736. The molecular formula is C9H16O3. The highest BCUT2D eigenvalue weighted by Gasteiger charge is 2.10. The van der Waals surface area contributed by atoms with Crippen LogP contribution >= 0.6 is 0 Å². The van der Waals surface area contributed by atoms with Gasteiger partial charge in [0.05, 0.1) is 12.5 Å². The lowest BCUT2D eigenvalue weighted by Gasteiger charge is -2.02. The zero-order valence-corrected chi connectivity index (χ0v) is 7.53. The number of carboxylic acids is 1. The SMILES string of the molecule is CC(C)C/C=C/[C@H](CO)C(=O)O. The predicted octanol–water partition coefficient (Wildman–Crippen LogP) is 1.28. The monoisotopic (exact) mass is 172 g/mol. The second-order valence-electron chi connectivity index (χ2n) is 3.19. The Morgan fingerprint density at radius 3 is 2.42 bits per heavy atom. The number of hydrogen-bond donors (Lipinski definition) is 2. The maximum Gasteiger partial charge on any atom is 0.312 e. The Bertz CT molecular complexity index is 161. The maximum absolute atomic E-state index is 10.4. The van der Waals surface area contributed by atoms with Crippen molar-refractivity contribution in [3.63, 3.8) is 0 Å². The second-order valence-corrected chi connectivity index (χ2v) is 3.19.